The highest BCUT2D eigenvalue weighted by Gasteiger charge is 2.27. The minimum Gasteiger partial charge on any atom is -0.389 e. The number of fused-ring (bicyclic) bond motifs is 1. The van der Waals surface area contributed by atoms with E-state index in [4.69, 9.17) is 4.74 Å². The van der Waals surface area contributed by atoms with E-state index in [9.17, 15) is 9.50 Å². The van der Waals surface area contributed by atoms with Crippen molar-refractivity contribution in [1.82, 2.24) is 5.32 Å². The van der Waals surface area contributed by atoms with Crippen LogP contribution in [0.3, 0.4) is 0 Å². The van der Waals surface area contributed by atoms with E-state index < -0.39 is 6.10 Å². The average Bonchev–Trinajstić information content (AvgIpc) is 2.77. The zero-order chi connectivity index (χ0) is 13.1. The summed E-state index contributed by atoms with van der Waals surface area (Å²) in [6.07, 6.45) is 1.05. The second-order valence-electron chi connectivity index (χ2n) is 4.53. The molecule has 1 aliphatic carbocycles. The van der Waals surface area contributed by atoms with E-state index in [1.165, 1.54) is 6.07 Å². The SMILES string of the molecule is COC[C@H](O)CN[C@@H]1CCc2c(F)ccc(Br)c21. The van der Waals surface area contributed by atoms with Crippen LogP contribution in [0.5, 0.6) is 0 Å². The van der Waals surface area contributed by atoms with Crippen LogP contribution in [-0.2, 0) is 11.2 Å². The third-order valence-electron chi connectivity index (χ3n) is 3.24. The molecule has 0 radical (unpaired) electrons. The van der Waals surface area contributed by atoms with Crippen molar-refractivity contribution < 1.29 is 14.2 Å². The Kier molecular flexibility index (Phi) is 4.72. The van der Waals surface area contributed by atoms with Gasteiger partial charge in [-0.1, -0.05) is 15.9 Å². The number of methoxy groups -OCH3 is 1. The molecule has 0 unspecified atom stereocenters. The highest BCUT2D eigenvalue weighted by atomic mass is 79.9. The minimum absolute atomic E-state index is 0.0941. The van der Waals surface area contributed by atoms with Gasteiger partial charge in [-0.2, -0.15) is 0 Å². The molecule has 100 valence electrons. The van der Waals surface area contributed by atoms with Crippen molar-refractivity contribution in [3.8, 4) is 0 Å². The Labute approximate surface area is 114 Å². The first-order valence-electron chi connectivity index (χ1n) is 6.00. The molecule has 5 heteroatoms. The minimum atomic E-state index is -0.536. The lowest BCUT2D eigenvalue weighted by atomic mass is 10.1. The summed E-state index contributed by atoms with van der Waals surface area (Å²) in [5, 5.41) is 12.9. The molecule has 2 N–H and O–H groups in total. The Morgan fingerprint density at radius 1 is 1.61 bits per heavy atom. The second kappa shape index (κ2) is 6.10. The van der Waals surface area contributed by atoms with Gasteiger partial charge in [0.1, 0.15) is 5.82 Å². The van der Waals surface area contributed by atoms with Crippen LogP contribution in [0, 0.1) is 5.82 Å². The number of aliphatic hydroxyl groups is 1. The lowest BCUT2D eigenvalue weighted by molar-refractivity contribution is 0.0627. The van der Waals surface area contributed by atoms with Gasteiger partial charge in [-0.05, 0) is 36.1 Å². The van der Waals surface area contributed by atoms with E-state index >= 15 is 0 Å². The quantitative estimate of drug-likeness (QED) is 0.874. The van der Waals surface area contributed by atoms with E-state index in [0.29, 0.717) is 13.2 Å². The lowest BCUT2D eigenvalue weighted by Gasteiger charge is -2.18. The standard InChI is InChI=1S/C13H17BrFNO2/c1-18-7-8(17)6-16-12-5-2-9-11(15)4-3-10(14)13(9)12/h3-4,8,12,16-17H,2,5-7H2,1H3/t8-,12-/m1/s1. The number of benzene rings is 1. The predicted molar refractivity (Wildman–Crippen MR) is 71.0 cm³/mol. The van der Waals surface area contributed by atoms with E-state index in [1.807, 2.05) is 0 Å². The molecule has 0 saturated heterocycles. The summed E-state index contributed by atoms with van der Waals surface area (Å²) in [5.41, 5.74) is 1.77. The number of aliphatic hydroxyl groups excluding tert-OH is 1. The maximum absolute atomic E-state index is 13.6. The highest BCUT2D eigenvalue weighted by molar-refractivity contribution is 9.10. The fourth-order valence-corrected chi connectivity index (χ4v) is 3.05. The summed E-state index contributed by atoms with van der Waals surface area (Å²) in [7, 11) is 1.56. The summed E-state index contributed by atoms with van der Waals surface area (Å²) in [6, 6.07) is 3.32. The summed E-state index contributed by atoms with van der Waals surface area (Å²) in [6.45, 7) is 0.748. The third-order valence-corrected chi connectivity index (χ3v) is 3.93. The Morgan fingerprint density at radius 3 is 3.11 bits per heavy atom. The van der Waals surface area contributed by atoms with E-state index in [-0.39, 0.29) is 11.9 Å². The number of hydrogen-bond donors (Lipinski definition) is 2. The van der Waals surface area contributed by atoms with Gasteiger partial charge in [0.05, 0.1) is 12.7 Å². The second-order valence-corrected chi connectivity index (χ2v) is 5.38. The summed E-state index contributed by atoms with van der Waals surface area (Å²) in [5.74, 6) is -0.144. The van der Waals surface area contributed by atoms with Crippen LogP contribution in [0.4, 0.5) is 4.39 Å². The molecule has 0 amide bonds. The average molecular weight is 318 g/mol. The van der Waals surface area contributed by atoms with Crippen LogP contribution < -0.4 is 5.32 Å². The van der Waals surface area contributed by atoms with Gasteiger partial charge in [0.15, 0.2) is 0 Å². The smallest absolute Gasteiger partial charge is 0.126 e. The third kappa shape index (κ3) is 2.91. The zero-order valence-electron chi connectivity index (χ0n) is 10.2. The first-order chi connectivity index (χ1) is 8.63. The predicted octanol–water partition coefficient (Wildman–Crippen LogP) is 2.17. The lowest BCUT2D eigenvalue weighted by Crippen LogP contribution is -2.32. The van der Waals surface area contributed by atoms with Crippen molar-refractivity contribution in [3.63, 3.8) is 0 Å². The summed E-state index contributed by atoms with van der Waals surface area (Å²) >= 11 is 3.47. The van der Waals surface area contributed by atoms with Gasteiger partial charge < -0.3 is 15.2 Å². The Hall–Kier alpha value is -0.490. The molecular formula is C13H17BrFNO2. The van der Waals surface area contributed by atoms with E-state index in [0.717, 1.165) is 28.4 Å². The zero-order valence-corrected chi connectivity index (χ0v) is 11.8. The van der Waals surface area contributed by atoms with Crippen LogP contribution in [-0.4, -0.2) is 31.5 Å². The molecule has 0 spiro atoms. The maximum Gasteiger partial charge on any atom is 0.126 e. The van der Waals surface area contributed by atoms with Crippen molar-refractivity contribution in [2.24, 2.45) is 0 Å². The van der Waals surface area contributed by atoms with Gasteiger partial charge in [-0.25, -0.2) is 4.39 Å². The van der Waals surface area contributed by atoms with Crippen molar-refractivity contribution in [2.75, 3.05) is 20.3 Å². The van der Waals surface area contributed by atoms with Crippen LogP contribution in [0.15, 0.2) is 16.6 Å². The monoisotopic (exact) mass is 317 g/mol. The Balaban J connectivity index is 2.05. The first-order valence-corrected chi connectivity index (χ1v) is 6.80. The van der Waals surface area contributed by atoms with Gasteiger partial charge in [0.25, 0.3) is 0 Å². The molecule has 0 fully saturated rings. The molecule has 0 heterocycles. The fraction of sp³-hybridized carbons (Fsp3) is 0.538. The summed E-state index contributed by atoms with van der Waals surface area (Å²) in [4.78, 5) is 0. The molecule has 0 aromatic heterocycles. The van der Waals surface area contributed by atoms with Gasteiger partial charge >= 0.3 is 0 Å². The van der Waals surface area contributed by atoms with Crippen LogP contribution >= 0.6 is 15.9 Å². The Bertz CT molecular complexity index is 428. The van der Waals surface area contributed by atoms with Crippen LogP contribution in [0.25, 0.3) is 0 Å². The highest BCUT2D eigenvalue weighted by Crippen LogP contribution is 2.37. The van der Waals surface area contributed by atoms with Crippen molar-refractivity contribution in [3.05, 3.63) is 33.5 Å². The van der Waals surface area contributed by atoms with Crippen molar-refractivity contribution in [1.29, 1.82) is 0 Å². The molecule has 18 heavy (non-hydrogen) atoms. The van der Waals surface area contributed by atoms with Crippen LogP contribution in [0.2, 0.25) is 0 Å². The molecule has 0 bridgehead atoms. The molecule has 2 rings (SSSR count). The molecular weight excluding hydrogens is 301 g/mol. The number of ether oxygens (including phenoxy) is 1. The van der Waals surface area contributed by atoms with Gasteiger partial charge in [-0.15, -0.1) is 0 Å². The van der Waals surface area contributed by atoms with E-state index in [2.05, 4.69) is 21.2 Å². The first kappa shape index (κ1) is 13.9. The largest absolute Gasteiger partial charge is 0.389 e. The Morgan fingerprint density at radius 2 is 2.39 bits per heavy atom. The van der Waals surface area contributed by atoms with Crippen molar-refractivity contribution >= 4 is 15.9 Å². The number of rotatable bonds is 5. The topological polar surface area (TPSA) is 41.5 Å². The van der Waals surface area contributed by atoms with Crippen LogP contribution in [0.1, 0.15) is 23.6 Å². The summed E-state index contributed by atoms with van der Waals surface area (Å²) < 4.78 is 19.4. The molecule has 1 aromatic carbocycles. The van der Waals surface area contributed by atoms with Crippen molar-refractivity contribution in [2.45, 2.75) is 25.0 Å². The molecule has 1 aromatic rings. The normalized spacial score (nSPS) is 19.9. The fourth-order valence-electron chi connectivity index (χ4n) is 2.41. The maximum atomic E-state index is 13.6. The molecule has 1 aliphatic rings. The van der Waals surface area contributed by atoms with Gasteiger partial charge in [-0.3, -0.25) is 0 Å². The van der Waals surface area contributed by atoms with Gasteiger partial charge in [0.2, 0.25) is 0 Å². The molecule has 0 saturated carbocycles. The van der Waals surface area contributed by atoms with Gasteiger partial charge in [0, 0.05) is 24.2 Å². The molecule has 2 atom stereocenters. The molecule has 0 aliphatic heterocycles. The van der Waals surface area contributed by atoms with E-state index in [1.54, 1.807) is 13.2 Å². The molecule has 3 nitrogen and oxygen atoms in total. The number of hydrogen-bond acceptors (Lipinski definition) is 3. The number of halogens is 2. The number of nitrogens with one attached hydrogen (secondary N) is 1.